The number of likely N-dealkylation sites (tertiary alicyclic amines) is 1. The highest BCUT2D eigenvalue weighted by Crippen LogP contribution is 2.59. The molecule has 0 spiro atoms. The van der Waals surface area contributed by atoms with Crippen molar-refractivity contribution in [1.82, 2.24) is 4.90 Å². The van der Waals surface area contributed by atoms with E-state index in [-0.39, 0.29) is 24.5 Å². The maximum absolute atomic E-state index is 13.0. The molecule has 176 valence electrons. The van der Waals surface area contributed by atoms with Crippen LogP contribution in [0.25, 0.3) is 0 Å². The third-order valence-corrected chi connectivity index (χ3v) is 7.73. The molecule has 5 rings (SSSR count). The van der Waals surface area contributed by atoms with Crippen LogP contribution in [0.1, 0.15) is 44.1 Å². The molecule has 1 aromatic rings. The molecule has 1 amide bonds. The van der Waals surface area contributed by atoms with E-state index in [2.05, 4.69) is 0 Å². The van der Waals surface area contributed by atoms with Crippen LogP contribution in [0, 0.1) is 5.41 Å². The fraction of sp³-hybridized carbons (Fsp3) is 0.609. The van der Waals surface area contributed by atoms with Crippen molar-refractivity contribution >= 4 is 5.91 Å². The minimum Gasteiger partial charge on any atom is -0.489 e. The van der Waals surface area contributed by atoms with Gasteiger partial charge in [-0.15, -0.1) is 0 Å². The van der Waals surface area contributed by atoms with Gasteiger partial charge in [-0.2, -0.15) is 13.2 Å². The first-order valence-corrected chi connectivity index (χ1v) is 10.9. The van der Waals surface area contributed by atoms with E-state index in [1.807, 2.05) is 24.3 Å². The smallest absolute Gasteiger partial charge is 0.420 e. The predicted octanol–water partition coefficient (Wildman–Crippen LogP) is 3.61. The van der Waals surface area contributed by atoms with Gasteiger partial charge in [0.1, 0.15) is 12.4 Å². The lowest BCUT2D eigenvalue weighted by molar-refractivity contribution is -0.299. The van der Waals surface area contributed by atoms with Gasteiger partial charge in [-0.25, -0.2) is 4.39 Å². The molecule has 2 bridgehead atoms. The summed E-state index contributed by atoms with van der Waals surface area (Å²) >= 11 is 0. The zero-order valence-corrected chi connectivity index (χ0v) is 17.8. The summed E-state index contributed by atoms with van der Waals surface area (Å²) in [7, 11) is 0. The van der Waals surface area contributed by atoms with Gasteiger partial charge in [0.25, 0.3) is 0 Å². The molecule has 0 atom stereocenters. The summed E-state index contributed by atoms with van der Waals surface area (Å²) in [4.78, 5) is 14.2. The second-order valence-electron chi connectivity index (χ2n) is 9.54. The third kappa shape index (κ3) is 3.79. The zero-order chi connectivity index (χ0) is 23.2. The van der Waals surface area contributed by atoms with Crippen molar-refractivity contribution in [3.05, 3.63) is 41.7 Å². The number of benzene rings is 1. The SMILES string of the molecule is NC/C(=C\F)COc1ccc(C23CCC(C(=O)N4CC(O)(C(F)(F)F)C4)(CC2)CC3)cc1. The average Bonchev–Trinajstić information content (AvgIpc) is 2.78. The molecule has 0 radical (unpaired) electrons. The van der Waals surface area contributed by atoms with Gasteiger partial charge in [-0.3, -0.25) is 4.79 Å². The lowest BCUT2D eigenvalue weighted by Crippen LogP contribution is -2.72. The number of fused-ring (bicyclic) bond motifs is 3. The molecular weight excluding hydrogens is 428 g/mol. The molecule has 1 aliphatic heterocycles. The van der Waals surface area contributed by atoms with Gasteiger partial charge in [0, 0.05) is 17.5 Å². The van der Waals surface area contributed by atoms with Crippen LogP contribution in [0.2, 0.25) is 0 Å². The predicted molar refractivity (Wildman–Crippen MR) is 110 cm³/mol. The Morgan fingerprint density at radius 1 is 1.09 bits per heavy atom. The molecule has 9 heteroatoms. The van der Waals surface area contributed by atoms with E-state index >= 15 is 0 Å². The molecule has 1 heterocycles. The number of ether oxygens (including phenoxy) is 1. The fourth-order valence-corrected chi connectivity index (χ4v) is 5.40. The number of aliphatic hydroxyl groups is 1. The number of hydrogen-bond acceptors (Lipinski definition) is 4. The summed E-state index contributed by atoms with van der Waals surface area (Å²) in [5.74, 6) is 0.365. The lowest BCUT2D eigenvalue weighted by atomic mass is 9.51. The van der Waals surface area contributed by atoms with E-state index in [4.69, 9.17) is 10.5 Å². The first-order chi connectivity index (χ1) is 15.1. The largest absolute Gasteiger partial charge is 0.489 e. The normalized spacial score (nSPS) is 29.6. The molecular formula is C23H28F4N2O3. The fourth-order valence-electron chi connectivity index (χ4n) is 5.40. The van der Waals surface area contributed by atoms with Crippen molar-refractivity contribution in [2.24, 2.45) is 11.1 Å². The van der Waals surface area contributed by atoms with Gasteiger partial charge in [0.15, 0.2) is 5.60 Å². The van der Waals surface area contributed by atoms with Crippen molar-refractivity contribution in [3.8, 4) is 5.75 Å². The lowest BCUT2D eigenvalue weighted by Gasteiger charge is -2.56. The molecule has 3 N–H and O–H groups in total. The molecule has 3 aliphatic carbocycles. The van der Waals surface area contributed by atoms with E-state index in [9.17, 15) is 27.5 Å². The number of alkyl halides is 3. The minimum atomic E-state index is -4.72. The molecule has 1 saturated heterocycles. The number of hydrogen-bond donors (Lipinski definition) is 2. The Morgan fingerprint density at radius 3 is 2.12 bits per heavy atom. The monoisotopic (exact) mass is 456 g/mol. The molecule has 0 unspecified atom stereocenters. The second-order valence-corrected chi connectivity index (χ2v) is 9.54. The van der Waals surface area contributed by atoms with E-state index in [1.165, 1.54) is 4.90 Å². The topological polar surface area (TPSA) is 75.8 Å². The van der Waals surface area contributed by atoms with Gasteiger partial charge in [0.2, 0.25) is 5.91 Å². The number of nitrogens with two attached hydrogens (primary N) is 1. The Bertz CT molecular complexity index is 867. The highest BCUT2D eigenvalue weighted by atomic mass is 19.4. The third-order valence-electron chi connectivity index (χ3n) is 7.73. The van der Waals surface area contributed by atoms with E-state index in [0.717, 1.165) is 24.8 Å². The van der Waals surface area contributed by atoms with Gasteiger partial charge in [-0.05, 0) is 61.6 Å². The Balaban J connectivity index is 1.37. The Hall–Kier alpha value is -2.13. The molecule has 3 saturated carbocycles. The summed E-state index contributed by atoms with van der Waals surface area (Å²) in [5, 5.41) is 9.68. The van der Waals surface area contributed by atoms with Gasteiger partial charge in [0.05, 0.1) is 19.4 Å². The molecule has 4 fully saturated rings. The Kier molecular flexibility index (Phi) is 5.78. The number of carbonyl (C=O) groups is 1. The maximum Gasteiger partial charge on any atom is 0.420 e. The number of rotatable bonds is 6. The Morgan fingerprint density at radius 2 is 1.66 bits per heavy atom. The van der Waals surface area contributed by atoms with Crippen LogP contribution in [0.5, 0.6) is 5.75 Å². The zero-order valence-electron chi connectivity index (χ0n) is 17.8. The number of amides is 1. The highest BCUT2D eigenvalue weighted by molar-refractivity contribution is 5.84. The van der Waals surface area contributed by atoms with Crippen molar-refractivity contribution in [2.45, 2.75) is 55.7 Å². The van der Waals surface area contributed by atoms with Crippen LogP contribution in [-0.4, -0.2) is 53.9 Å². The number of β-amino-alcohol motifs (C(OH)–C–C–N with tert-alkyl or cyclic N) is 1. The number of nitrogens with zero attached hydrogens (tertiary/aromatic N) is 1. The quantitative estimate of drug-likeness (QED) is 0.642. The van der Waals surface area contributed by atoms with Crippen molar-refractivity contribution in [2.75, 3.05) is 26.2 Å². The van der Waals surface area contributed by atoms with Crippen LogP contribution in [0.3, 0.4) is 0 Å². The van der Waals surface area contributed by atoms with Crippen LogP contribution in [0.15, 0.2) is 36.2 Å². The van der Waals surface area contributed by atoms with E-state index in [1.54, 1.807) is 0 Å². The van der Waals surface area contributed by atoms with Crippen LogP contribution < -0.4 is 10.5 Å². The Labute approximate surface area is 184 Å². The van der Waals surface area contributed by atoms with Crippen LogP contribution in [-0.2, 0) is 10.2 Å². The van der Waals surface area contributed by atoms with Crippen molar-refractivity contribution in [1.29, 1.82) is 0 Å². The average molecular weight is 456 g/mol. The van der Waals surface area contributed by atoms with Crippen molar-refractivity contribution < 1.29 is 32.2 Å². The summed E-state index contributed by atoms with van der Waals surface area (Å²) < 4.78 is 56.9. The second kappa shape index (κ2) is 8.02. The van der Waals surface area contributed by atoms with Gasteiger partial charge in [-0.1, -0.05) is 12.1 Å². The summed E-state index contributed by atoms with van der Waals surface area (Å²) in [6.45, 7) is -1.17. The molecule has 1 aromatic carbocycles. The van der Waals surface area contributed by atoms with Gasteiger partial charge >= 0.3 is 6.18 Å². The first-order valence-electron chi connectivity index (χ1n) is 10.9. The summed E-state index contributed by atoms with van der Waals surface area (Å²) in [6.07, 6.45) is -0.00628. The standard InChI is InChI=1S/C23H28F4N2O3/c24-11-16(12-28)13-32-18-3-1-17(2-4-18)20-5-8-21(9-6-20,10-7-20)19(30)29-14-22(31,15-29)23(25,26)27/h1-4,11,31H,5-10,12-15,28H2/b16-11+. The molecule has 32 heavy (non-hydrogen) atoms. The summed E-state index contributed by atoms with van der Waals surface area (Å²) in [6, 6.07) is 7.68. The first kappa shape index (κ1) is 23.0. The molecule has 4 aliphatic rings. The van der Waals surface area contributed by atoms with Gasteiger partial charge < -0.3 is 20.5 Å². The maximum atomic E-state index is 13.0. The minimum absolute atomic E-state index is 0.0521. The van der Waals surface area contributed by atoms with Crippen LogP contribution >= 0.6 is 0 Å². The van der Waals surface area contributed by atoms with E-state index in [0.29, 0.717) is 36.9 Å². The van der Waals surface area contributed by atoms with E-state index < -0.39 is 30.3 Å². The van der Waals surface area contributed by atoms with Crippen molar-refractivity contribution in [3.63, 3.8) is 0 Å². The number of carbonyl (C=O) groups excluding carboxylic acids is 1. The number of halogens is 4. The highest BCUT2D eigenvalue weighted by Gasteiger charge is 2.64. The molecule has 5 nitrogen and oxygen atoms in total. The molecule has 0 aromatic heterocycles. The summed E-state index contributed by atoms with van der Waals surface area (Å²) in [5.41, 5.74) is 3.50. The van der Waals surface area contributed by atoms with Crippen LogP contribution in [0.4, 0.5) is 17.6 Å².